The molecule has 1 aromatic rings. The van der Waals surface area contributed by atoms with Crippen molar-refractivity contribution in [2.75, 3.05) is 20.8 Å². The van der Waals surface area contributed by atoms with Crippen LogP contribution in [0, 0.1) is 17.5 Å². The van der Waals surface area contributed by atoms with Crippen LogP contribution >= 0.6 is 0 Å². The van der Waals surface area contributed by atoms with Crippen LogP contribution in [0.1, 0.15) is 25.8 Å². The van der Waals surface area contributed by atoms with E-state index in [2.05, 4.69) is 21.5 Å². The minimum absolute atomic E-state index is 0.262. The van der Waals surface area contributed by atoms with Gasteiger partial charge in [0.05, 0.1) is 12.2 Å². The number of nitrogens with one attached hydrogen (secondary N) is 4. The summed E-state index contributed by atoms with van der Waals surface area (Å²) in [6, 6.07) is 0.618. The largest absolute Gasteiger partial charge is 0.503 e. The first-order valence-corrected chi connectivity index (χ1v) is 9.89. The van der Waals surface area contributed by atoms with E-state index in [0.29, 0.717) is 18.6 Å². The molecule has 0 spiro atoms. The third-order valence-electron chi connectivity index (χ3n) is 4.48. The topological polar surface area (TPSA) is 129 Å². The van der Waals surface area contributed by atoms with Gasteiger partial charge in [0, 0.05) is 44.4 Å². The normalized spacial score (nSPS) is 13.1. The van der Waals surface area contributed by atoms with Gasteiger partial charge in [-0.2, -0.15) is 0 Å². The molecule has 182 valence electrons. The molecule has 0 aliphatic rings. The summed E-state index contributed by atoms with van der Waals surface area (Å²) in [6.07, 6.45) is 1.63. The molecule has 0 bridgehead atoms. The quantitative estimate of drug-likeness (QED) is 0.102. The number of Topliss-reactive ketones (excluding diaryl/α,β-unsaturated/α-hetero) is 1. The van der Waals surface area contributed by atoms with Crippen LogP contribution in [0.5, 0.6) is 0 Å². The van der Waals surface area contributed by atoms with Crippen LogP contribution in [0.25, 0.3) is 0 Å². The smallest absolute Gasteiger partial charge is 0.272 e. The molecule has 0 aromatic heterocycles. The third kappa shape index (κ3) is 7.61. The highest BCUT2D eigenvalue weighted by atomic mass is 19.1. The van der Waals surface area contributed by atoms with Gasteiger partial charge in [0.2, 0.25) is 5.78 Å². The number of aliphatic hydroxyl groups excluding tert-OH is 1. The Labute approximate surface area is 189 Å². The van der Waals surface area contributed by atoms with E-state index >= 15 is 0 Å². The lowest BCUT2D eigenvalue weighted by molar-refractivity contribution is -0.123. The molecule has 2 amide bonds. The highest BCUT2D eigenvalue weighted by Crippen LogP contribution is 2.15. The number of hydrogen-bond acceptors (Lipinski definition) is 7. The number of methoxy groups -OCH3 is 1. The van der Waals surface area contributed by atoms with Crippen molar-refractivity contribution in [1.29, 1.82) is 0 Å². The van der Waals surface area contributed by atoms with E-state index < -0.39 is 64.2 Å². The van der Waals surface area contributed by atoms with Crippen molar-refractivity contribution < 1.29 is 37.4 Å². The molecule has 0 aliphatic carbocycles. The van der Waals surface area contributed by atoms with Gasteiger partial charge >= 0.3 is 0 Å². The van der Waals surface area contributed by atoms with Crippen molar-refractivity contribution in [2.24, 2.45) is 0 Å². The standard InChI is InChI=1S/C21H27F3N4O5/c1-5-12(10-33-4)27-28-17(21(32)25-3)19(30)18(29)13(6-2)20(31)26-9-14-15(23)7-11(22)8-16(14)24/h6-8,12,27-28,30H,5,9-10H2,1-4H3,(H,25,32)(H,26,31)/b13-6+,19-17+/t12-/m0/s1. The summed E-state index contributed by atoms with van der Waals surface area (Å²) in [7, 11) is 2.74. The molecule has 12 heteroatoms. The van der Waals surface area contributed by atoms with Crippen LogP contribution < -0.4 is 21.5 Å². The second-order valence-electron chi connectivity index (χ2n) is 6.69. The van der Waals surface area contributed by atoms with Crippen LogP contribution in [-0.2, 0) is 25.7 Å². The summed E-state index contributed by atoms with van der Waals surface area (Å²) in [6.45, 7) is 2.72. The highest BCUT2D eigenvalue weighted by Gasteiger charge is 2.27. The molecule has 0 radical (unpaired) electrons. The Balaban J connectivity index is 3.08. The Bertz CT molecular complexity index is 927. The molecule has 0 unspecified atom stereocenters. The first-order valence-electron chi connectivity index (χ1n) is 9.89. The van der Waals surface area contributed by atoms with Gasteiger partial charge in [0.15, 0.2) is 11.5 Å². The van der Waals surface area contributed by atoms with Crippen LogP contribution in [0.15, 0.2) is 35.2 Å². The zero-order valence-corrected chi connectivity index (χ0v) is 18.6. The summed E-state index contributed by atoms with van der Waals surface area (Å²) >= 11 is 0. The zero-order valence-electron chi connectivity index (χ0n) is 18.6. The minimum atomic E-state index is -1.22. The number of amides is 2. The lowest BCUT2D eigenvalue weighted by Crippen LogP contribution is -2.46. The Kier molecular flexibility index (Phi) is 11.1. The lowest BCUT2D eigenvalue weighted by atomic mass is 10.1. The molecule has 33 heavy (non-hydrogen) atoms. The molecular weight excluding hydrogens is 445 g/mol. The first-order chi connectivity index (χ1) is 15.6. The molecule has 1 rings (SSSR count). The highest BCUT2D eigenvalue weighted by molar-refractivity contribution is 6.25. The summed E-state index contributed by atoms with van der Waals surface area (Å²) in [5.74, 6) is -7.79. The van der Waals surface area contributed by atoms with Crippen molar-refractivity contribution in [2.45, 2.75) is 32.9 Å². The molecule has 0 aliphatic heterocycles. The number of hydrogen-bond donors (Lipinski definition) is 5. The van der Waals surface area contributed by atoms with E-state index in [4.69, 9.17) is 4.74 Å². The number of hydrazine groups is 1. The van der Waals surface area contributed by atoms with Crippen LogP contribution in [0.3, 0.4) is 0 Å². The summed E-state index contributed by atoms with van der Waals surface area (Å²) < 4.78 is 45.6. The number of aliphatic hydroxyl groups is 1. The third-order valence-corrected chi connectivity index (χ3v) is 4.48. The van der Waals surface area contributed by atoms with Gasteiger partial charge < -0.3 is 25.9 Å². The monoisotopic (exact) mass is 472 g/mol. The molecular formula is C21H27F3N4O5. The van der Waals surface area contributed by atoms with E-state index in [1.54, 1.807) is 0 Å². The second-order valence-corrected chi connectivity index (χ2v) is 6.69. The predicted octanol–water partition coefficient (Wildman–Crippen LogP) is 1.27. The Morgan fingerprint density at radius 3 is 2.24 bits per heavy atom. The van der Waals surface area contributed by atoms with Gasteiger partial charge in [-0.3, -0.25) is 14.4 Å². The molecule has 1 aromatic carbocycles. The molecule has 0 saturated heterocycles. The number of halogens is 3. The lowest BCUT2D eigenvalue weighted by Gasteiger charge is -2.19. The van der Waals surface area contributed by atoms with Crippen LogP contribution in [0.4, 0.5) is 13.2 Å². The minimum Gasteiger partial charge on any atom is -0.503 e. The maximum Gasteiger partial charge on any atom is 0.272 e. The maximum atomic E-state index is 13.8. The van der Waals surface area contributed by atoms with Crippen molar-refractivity contribution in [1.82, 2.24) is 21.5 Å². The summed E-state index contributed by atoms with van der Waals surface area (Å²) in [5, 5.41) is 14.8. The molecule has 9 nitrogen and oxygen atoms in total. The van der Waals surface area contributed by atoms with Crippen LogP contribution in [-0.4, -0.2) is 49.5 Å². The number of carbonyl (C=O) groups excluding carboxylic acids is 3. The number of carbonyl (C=O) groups is 3. The molecule has 0 saturated carbocycles. The number of allylic oxidation sites excluding steroid dienone is 2. The first kappa shape index (κ1) is 27.7. The molecule has 0 heterocycles. The number of rotatable bonds is 12. The number of ketones is 1. The van der Waals surface area contributed by atoms with Crippen molar-refractivity contribution in [3.63, 3.8) is 0 Å². The van der Waals surface area contributed by atoms with Gasteiger partial charge in [0.1, 0.15) is 17.5 Å². The Morgan fingerprint density at radius 2 is 1.76 bits per heavy atom. The molecule has 1 atom stereocenters. The van der Waals surface area contributed by atoms with E-state index in [-0.39, 0.29) is 12.6 Å². The van der Waals surface area contributed by atoms with Gasteiger partial charge in [-0.25, -0.2) is 18.6 Å². The average molecular weight is 472 g/mol. The summed E-state index contributed by atoms with van der Waals surface area (Å²) in [4.78, 5) is 37.3. The van der Waals surface area contributed by atoms with Gasteiger partial charge in [0.25, 0.3) is 11.8 Å². The van der Waals surface area contributed by atoms with Crippen LogP contribution in [0.2, 0.25) is 0 Å². The SMILES string of the molecule is C/C=C(/C(=O)NCc1c(F)cc(F)cc1F)C(=O)/C(O)=C(\NN[C@@H](CC)COC)C(=O)NC. The van der Waals surface area contributed by atoms with E-state index in [0.717, 1.165) is 6.08 Å². The summed E-state index contributed by atoms with van der Waals surface area (Å²) in [5.41, 5.74) is 3.42. The maximum absolute atomic E-state index is 13.8. The number of benzene rings is 1. The van der Waals surface area contributed by atoms with Crippen molar-refractivity contribution in [3.8, 4) is 0 Å². The fraction of sp³-hybridized carbons (Fsp3) is 0.381. The zero-order chi connectivity index (χ0) is 25.1. The molecule has 0 fully saturated rings. The van der Waals surface area contributed by atoms with E-state index in [9.17, 15) is 32.7 Å². The Morgan fingerprint density at radius 1 is 1.15 bits per heavy atom. The second kappa shape index (κ2) is 13.2. The fourth-order valence-corrected chi connectivity index (χ4v) is 2.60. The van der Waals surface area contributed by atoms with Crippen molar-refractivity contribution >= 4 is 17.6 Å². The van der Waals surface area contributed by atoms with E-state index in [1.165, 1.54) is 21.1 Å². The van der Waals surface area contributed by atoms with Gasteiger partial charge in [-0.15, -0.1) is 0 Å². The van der Waals surface area contributed by atoms with Gasteiger partial charge in [-0.1, -0.05) is 13.0 Å². The number of ether oxygens (including phenoxy) is 1. The fourth-order valence-electron chi connectivity index (χ4n) is 2.60. The van der Waals surface area contributed by atoms with Gasteiger partial charge in [-0.05, 0) is 13.3 Å². The number of likely N-dealkylation sites (N-methyl/N-ethyl adjacent to an activating group) is 1. The predicted molar refractivity (Wildman–Crippen MR) is 113 cm³/mol. The molecule has 5 N–H and O–H groups in total. The average Bonchev–Trinajstić information content (AvgIpc) is 2.77. The van der Waals surface area contributed by atoms with Crippen molar-refractivity contribution in [3.05, 3.63) is 58.3 Å². The Hall–Kier alpha value is -3.38. The van der Waals surface area contributed by atoms with E-state index in [1.807, 2.05) is 6.92 Å².